The Balaban J connectivity index is 1.39. The predicted molar refractivity (Wildman–Crippen MR) is 85.5 cm³/mol. The molecule has 1 aromatic carbocycles. The number of benzene rings is 1. The molecule has 1 fully saturated rings. The Labute approximate surface area is 125 Å². The van der Waals surface area contributed by atoms with Crippen molar-refractivity contribution < 1.29 is 4.74 Å². The molecule has 0 radical (unpaired) electrons. The molecule has 0 saturated heterocycles. The fraction of sp³-hybridized carbons (Fsp3) is 0.529. The van der Waals surface area contributed by atoms with E-state index in [-0.39, 0.29) is 0 Å². The molecule has 1 heterocycles. The third kappa shape index (κ3) is 4.14. The second-order valence-electron chi connectivity index (χ2n) is 5.66. The van der Waals surface area contributed by atoms with Crippen LogP contribution in [0.2, 0.25) is 0 Å². The molecule has 0 bridgehead atoms. The minimum atomic E-state index is 0.499. The summed E-state index contributed by atoms with van der Waals surface area (Å²) in [6, 6.07) is 7.93. The molecule has 0 spiro atoms. The third-order valence-corrected chi connectivity index (χ3v) is 3.98. The van der Waals surface area contributed by atoms with Crippen LogP contribution in [-0.2, 0) is 4.74 Å². The Hall–Kier alpha value is -1.68. The van der Waals surface area contributed by atoms with Gasteiger partial charge in [-0.1, -0.05) is 31.4 Å². The zero-order chi connectivity index (χ0) is 14.3. The molecule has 112 valence electrons. The largest absolute Gasteiger partial charge is 0.378 e. The van der Waals surface area contributed by atoms with E-state index in [1.165, 1.54) is 32.1 Å². The fourth-order valence-electron chi connectivity index (χ4n) is 2.81. The van der Waals surface area contributed by atoms with Gasteiger partial charge in [0.05, 0.1) is 23.3 Å². The summed E-state index contributed by atoms with van der Waals surface area (Å²) in [7, 11) is 0. The maximum atomic E-state index is 5.92. The number of fused-ring (bicyclic) bond motifs is 1. The molecule has 4 nitrogen and oxygen atoms in total. The van der Waals surface area contributed by atoms with Gasteiger partial charge in [-0.15, -0.1) is 0 Å². The summed E-state index contributed by atoms with van der Waals surface area (Å²) in [5, 5.41) is 3.32. The van der Waals surface area contributed by atoms with Crippen LogP contribution >= 0.6 is 0 Å². The first kappa shape index (κ1) is 14.3. The lowest BCUT2D eigenvalue weighted by Crippen LogP contribution is -2.18. The van der Waals surface area contributed by atoms with Gasteiger partial charge in [-0.05, 0) is 31.4 Å². The van der Waals surface area contributed by atoms with Gasteiger partial charge in [0.1, 0.15) is 5.82 Å². The van der Waals surface area contributed by atoms with Crippen LogP contribution in [-0.4, -0.2) is 29.2 Å². The lowest BCUT2D eigenvalue weighted by atomic mass is 9.98. The van der Waals surface area contributed by atoms with Crippen molar-refractivity contribution in [3.8, 4) is 0 Å². The fourth-order valence-corrected chi connectivity index (χ4v) is 2.81. The van der Waals surface area contributed by atoms with E-state index in [1.54, 1.807) is 6.20 Å². The molecule has 0 aliphatic heterocycles. The molecule has 1 aliphatic rings. The Morgan fingerprint density at radius 1 is 1.10 bits per heavy atom. The maximum absolute atomic E-state index is 5.92. The van der Waals surface area contributed by atoms with Gasteiger partial charge in [0.2, 0.25) is 0 Å². The lowest BCUT2D eigenvalue weighted by molar-refractivity contribution is 0.0284. The SMILES string of the molecule is c1ccc2nc(NCCCOC3CCCCC3)cnc2c1. The van der Waals surface area contributed by atoms with E-state index in [0.29, 0.717) is 6.10 Å². The van der Waals surface area contributed by atoms with E-state index in [0.717, 1.165) is 36.4 Å². The molecule has 1 aromatic heterocycles. The monoisotopic (exact) mass is 285 g/mol. The summed E-state index contributed by atoms with van der Waals surface area (Å²) >= 11 is 0. The van der Waals surface area contributed by atoms with E-state index in [4.69, 9.17) is 4.74 Å². The topological polar surface area (TPSA) is 47.0 Å². The van der Waals surface area contributed by atoms with Gasteiger partial charge in [0.25, 0.3) is 0 Å². The minimum Gasteiger partial charge on any atom is -0.378 e. The average molecular weight is 285 g/mol. The molecule has 4 heteroatoms. The third-order valence-electron chi connectivity index (χ3n) is 3.98. The van der Waals surface area contributed by atoms with Gasteiger partial charge in [-0.25, -0.2) is 4.98 Å². The van der Waals surface area contributed by atoms with Crippen LogP contribution in [0.25, 0.3) is 11.0 Å². The van der Waals surface area contributed by atoms with Gasteiger partial charge in [0.15, 0.2) is 0 Å². The Morgan fingerprint density at radius 3 is 2.76 bits per heavy atom. The number of nitrogens with one attached hydrogen (secondary N) is 1. The van der Waals surface area contributed by atoms with Gasteiger partial charge < -0.3 is 10.1 Å². The van der Waals surface area contributed by atoms with Crippen molar-refractivity contribution in [3.05, 3.63) is 30.5 Å². The number of aromatic nitrogens is 2. The lowest BCUT2D eigenvalue weighted by Gasteiger charge is -2.21. The van der Waals surface area contributed by atoms with E-state index in [2.05, 4.69) is 15.3 Å². The van der Waals surface area contributed by atoms with E-state index in [1.807, 2.05) is 24.3 Å². The molecular formula is C17H23N3O. The van der Waals surface area contributed by atoms with Crippen molar-refractivity contribution in [2.45, 2.75) is 44.6 Å². The molecule has 0 atom stereocenters. The highest BCUT2D eigenvalue weighted by molar-refractivity contribution is 5.75. The first-order valence-electron chi connectivity index (χ1n) is 7.99. The van der Waals surface area contributed by atoms with E-state index >= 15 is 0 Å². The number of nitrogens with zero attached hydrogens (tertiary/aromatic N) is 2. The highest BCUT2D eigenvalue weighted by atomic mass is 16.5. The van der Waals surface area contributed by atoms with Gasteiger partial charge in [-0.3, -0.25) is 4.98 Å². The minimum absolute atomic E-state index is 0.499. The van der Waals surface area contributed by atoms with Crippen LogP contribution in [0.3, 0.4) is 0 Å². The summed E-state index contributed by atoms with van der Waals surface area (Å²) in [6.07, 6.45) is 9.81. The number of para-hydroxylation sites is 2. The summed E-state index contributed by atoms with van der Waals surface area (Å²) in [4.78, 5) is 8.95. The number of hydrogen-bond acceptors (Lipinski definition) is 4. The van der Waals surface area contributed by atoms with Crippen LogP contribution in [0.15, 0.2) is 30.5 Å². The number of rotatable bonds is 6. The summed E-state index contributed by atoms with van der Waals surface area (Å²) in [5.41, 5.74) is 1.87. The van der Waals surface area contributed by atoms with Gasteiger partial charge in [-0.2, -0.15) is 0 Å². The molecule has 1 N–H and O–H groups in total. The molecular weight excluding hydrogens is 262 g/mol. The van der Waals surface area contributed by atoms with Crippen LogP contribution in [0.1, 0.15) is 38.5 Å². The van der Waals surface area contributed by atoms with Crippen LogP contribution in [0.4, 0.5) is 5.82 Å². The average Bonchev–Trinajstić information content (AvgIpc) is 2.55. The molecule has 1 saturated carbocycles. The van der Waals surface area contributed by atoms with Crippen molar-refractivity contribution in [2.75, 3.05) is 18.5 Å². The number of ether oxygens (including phenoxy) is 1. The first-order valence-corrected chi connectivity index (χ1v) is 7.99. The van der Waals surface area contributed by atoms with Crippen molar-refractivity contribution in [1.82, 2.24) is 9.97 Å². The second-order valence-corrected chi connectivity index (χ2v) is 5.66. The smallest absolute Gasteiger partial charge is 0.145 e. The van der Waals surface area contributed by atoms with Crippen molar-refractivity contribution in [2.24, 2.45) is 0 Å². The van der Waals surface area contributed by atoms with Crippen molar-refractivity contribution >= 4 is 16.9 Å². The molecule has 0 unspecified atom stereocenters. The number of anilines is 1. The van der Waals surface area contributed by atoms with Gasteiger partial charge in [0, 0.05) is 13.2 Å². The van der Waals surface area contributed by atoms with E-state index in [9.17, 15) is 0 Å². The standard InChI is InChI=1S/C17H23N3O/c1-2-7-14(8-3-1)21-12-6-11-18-17-13-19-15-9-4-5-10-16(15)20-17/h4-5,9-10,13-14H,1-3,6-8,11-12H2,(H,18,20). The molecule has 1 aliphatic carbocycles. The van der Waals surface area contributed by atoms with Crippen LogP contribution in [0, 0.1) is 0 Å². The molecule has 2 aromatic rings. The van der Waals surface area contributed by atoms with Crippen molar-refractivity contribution in [3.63, 3.8) is 0 Å². The quantitative estimate of drug-likeness (QED) is 0.820. The zero-order valence-corrected chi connectivity index (χ0v) is 12.4. The second kappa shape index (κ2) is 7.36. The van der Waals surface area contributed by atoms with E-state index < -0.39 is 0 Å². The molecule has 3 rings (SSSR count). The summed E-state index contributed by atoms with van der Waals surface area (Å²) in [6.45, 7) is 1.71. The normalized spacial score (nSPS) is 16.2. The highest BCUT2D eigenvalue weighted by Crippen LogP contribution is 2.20. The summed E-state index contributed by atoms with van der Waals surface area (Å²) in [5.74, 6) is 0.839. The van der Waals surface area contributed by atoms with Gasteiger partial charge >= 0.3 is 0 Å². The Kier molecular flexibility index (Phi) is 5.00. The Morgan fingerprint density at radius 2 is 1.90 bits per heavy atom. The molecule has 21 heavy (non-hydrogen) atoms. The zero-order valence-electron chi connectivity index (χ0n) is 12.4. The summed E-state index contributed by atoms with van der Waals surface area (Å²) < 4.78 is 5.92. The highest BCUT2D eigenvalue weighted by Gasteiger charge is 2.12. The molecule has 0 amide bonds. The van der Waals surface area contributed by atoms with Crippen LogP contribution in [0.5, 0.6) is 0 Å². The van der Waals surface area contributed by atoms with Crippen LogP contribution < -0.4 is 5.32 Å². The first-order chi connectivity index (χ1) is 10.4. The number of hydrogen-bond donors (Lipinski definition) is 1. The Bertz CT molecular complexity index is 567. The maximum Gasteiger partial charge on any atom is 0.145 e. The predicted octanol–water partition coefficient (Wildman–Crippen LogP) is 3.78. The van der Waals surface area contributed by atoms with Crippen molar-refractivity contribution in [1.29, 1.82) is 0 Å².